The number of nitrogens with zero attached hydrogens (tertiary/aromatic N) is 1. The first kappa shape index (κ1) is 12.0. The van der Waals surface area contributed by atoms with Gasteiger partial charge < -0.3 is 10.8 Å². The van der Waals surface area contributed by atoms with Crippen LogP contribution in [-0.4, -0.2) is 15.7 Å². The topological polar surface area (TPSA) is 59.1 Å². The van der Waals surface area contributed by atoms with Gasteiger partial charge in [-0.1, -0.05) is 26.8 Å². The maximum absolute atomic E-state index is 10.4. The smallest absolute Gasteiger partial charge is 0.126 e. The third-order valence-corrected chi connectivity index (χ3v) is 3.11. The number of aliphatic hydroxyl groups is 1. The van der Waals surface area contributed by atoms with Gasteiger partial charge in [0.2, 0.25) is 0 Å². The first-order valence-corrected chi connectivity index (χ1v) is 5.41. The van der Waals surface area contributed by atoms with Crippen LogP contribution in [0.3, 0.4) is 0 Å². The lowest BCUT2D eigenvalue weighted by atomic mass is 9.82. The van der Waals surface area contributed by atoms with Crippen molar-refractivity contribution in [3.05, 3.63) is 23.9 Å². The van der Waals surface area contributed by atoms with Crippen LogP contribution in [0.15, 0.2) is 18.3 Å². The monoisotopic (exact) mass is 208 g/mol. The molecular weight excluding hydrogens is 188 g/mol. The minimum absolute atomic E-state index is 0.210. The summed E-state index contributed by atoms with van der Waals surface area (Å²) in [5, 5.41) is 10.4. The Hall–Kier alpha value is -1.09. The van der Waals surface area contributed by atoms with Gasteiger partial charge in [0.05, 0.1) is 5.60 Å². The van der Waals surface area contributed by atoms with Crippen LogP contribution >= 0.6 is 0 Å². The van der Waals surface area contributed by atoms with E-state index in [9.17, 15) is 5.11 Å². The fourth-order valence-electron chi connectivity index (χ4n) is 1.67. The summed E-state index contributed by atoms with van der Waals surface area (Å²) in [6.07, 6.45) is 2.96. The summed E-state index contributed by atoms with van der Waals surface area (Å²) in [5.41, 5.74) is 6.00. The number of hydrogen-bond acceptors (Lipinski definition) is 3. The van der Waals surface area contributed by atoms with E-state index in [0.717, 1.165) is 12.0 Å². The van der Waals surface area contributed by atoms with Gasteiger partial charge in [0.15, 0.2) is 0 Å². The van der Waals surface area contributed by atoms with Crippen molar-refractivity contribution in [2.75, 3.05) is 5.73 Å². The maximum atomic E-state index is 10.4. The van der Waals surface area contributed by atoms with Gasteiger partial charge >= 0.3 is 0 Å². The van der Waals surface area contributed by atoms with Crippen LogP contribution in [0.1, 0.15) is 32.8 Å². The molecule has 15 heavy (non-hydrogen) atoms. The number of nitrogens with two attached hydrogens (primary N) is 1. The highest BCUT2D eigenvalue weighted by Crippen LogP contribution is 2.27. The molecule has 0 aliphatic heterocycles. The minimum atomic E-state index is -0.683. The number of pyridine rings is 1. The Balaban J connectivity index is 2.89. The van der Waals surface area contributed by atoms with Gasteiger partial charge in [-0.3, -0.25) is 0 Å². The highest BCUT2D eigenvalue weighted by atomic mass is 16.3. The summed E-state index contributed by atoms with van der Waals surface area (Å²) >= 11 is 0. The Morgan fingerprint density at radius 3 is 2.67 bits per heavy atom. The van der Waals surface area contributed by atoms with Gasteiger partial charge in [-0.15, -0.1) is 0 Å². The van der Waals surface area contributed by atoms with Crippen molar-refractivity contribution in [1.29, 1.82) is 0 Å². The van der Waals surface area contributed by atoms with Gasteiger partial charge in [-0.25, -0.2) is 4.98 Å². The first-order chi connectivity index (χ1) is 6.99. The van der Waals surface area contributed by atoms with E-state index in [4.69, 9.17) is 5.73 Å². The molecule has 1 aromatic heterocycles. The summed E-state index contributed by atoms with van der Waals surface area (Å²) in [5.74, 6) is 0.729. The lowest BCUT2D eigenvalue weighted by Crippen LogP contribution is -2.36. The molecule has 0 aliphatic carbocycles. The molecule has 0 bridgehead atoms. The van der Waals surface area contributed by atoms with Gasteiger partial charge in [-0.05, 0) is 24.0 Å². The molecule has 0 aliphatic rings. The fraction of sp³-hybridized carbons (Fsp3) is 0.583. The summed E-state index contributed by atoms with van der Waals surface area (Å²) in [7, 11) is 0. The molecule has 0 amide bonds. The van der Waals surface area contributed by atoms with E-state index in [0.29, 0.717) is 12.2 Å². The summed E-state index contributed by atoms with van der Waals surface area (Å²) < 4.78 is 0. The Bertz CT molecular complexity index is 325. The molecule has 0 aromatic carbocycles. The zero-order valence-electron chi connectivity index (χ0n) is 9.70. The summed E-state index contributed by atoms with van der Waals surface area (Å²) in [4.78, 5) is 4.02. The number of rotatable bonds is 4. The van der Waals surface area contributed by atoms with Crippen LogP contribution < -0.4 is 5.73 Å². The minimum Gasteiger partial charge on any atom is -0.389 e. The Labute approximate surface area is 91.3 Å². The van der Waals surface area contributed by atoms with E-state index in [2.05, 4.69) is 4.98 Å². The van der Waals surface area contributed by atoms with Crippen LogP contribution in [-0.2, 0) is 6.42 Å². The molecule has 1 aromatic rings. The van der Waals surface area contributed by atoms with Crippen molar-refractivity contribution in [2.45, 2.75) is 39.2 Å². The van der Waals surface area contributed by atoms with Crippen molar-refractivity contribution in [3.63, 3.8) is 0 Å². The molecule has 0 saturated carbocycles. The second kappa shape index (κ2) is 4.62. The van der Waals surface area contributed by atoms with Crippen molar-refractivity contribution < 1.29 is 5.11 Å². The molecule has 0 spiro atoms. The highest BCUT2D eigenvalue weighted by molar-refractivity contribution is 5.39. The fourth-order valence-corrected chi connectivity index (χ4v) is 1.67. The lowest BCUT2D eigenvalue weighted by Gasteiger charge is -2.31. The first-order valence-electron chi connectivity index (χ1n) is 5.41. The molecule has 3 N–H and O–H groups in total. The molecule has 0 saturated heterocycles. The second-order valence-electron chi connectivity index (χ2n) is 4.34. The average Bonchev–Trinajstić information content (AvgIpc) is 2.21. The zero-order valence-corrected chi connectivity index (χ0v) is 9.70. The summed E-state index contributed by atoms with van der Waals surface area (Å²) in [6, 6.07) is 3.77. The van der Waals surface area contributed by atoms with Crippen LogP contribution in [0.5, 0.6) is 0 Å². The van der Waals surface area contributed by atoms with Crippen molar-refractivity contribution in [1.82, 2.24) is 4.98 Å². The molecule has 1 heterocycles. The van der Waals surface area contributed by atoms with Crippen LogP contribution in [0.4, 0.5) is 5.82 Å². The van der Waals surface area contributed by atoms with E-state index in [1.54, 1.807) is 6.20 Å². The predicted molar refractivity (Wildman–Crippen MR) is 62.4 cm³/mol. The molecular formula is C12H20N2O. The molecule has 0 radical (unpaired) electrons. The van der Waals surface area contributed by atoms with E-state index in [1.807, 2.05) is 32.9 Å². The van der Waals surface area contributed by atoms with Gasteiger partial charge in [0.1, 0.15) is 5.82 Å². The van der Waals surface area contributed by atoms with Gasteiger partial charge in [0.25, 0.3) is 0 Å². The van der Waals surface area contributed by atoms with E-state index in [-0.39, 0.29) is 5.92 Å². The Morgan fingerprint density at radius 2 is 2.20 bits per heavy atom. The third-order valence-electron chi connectivity index (χ3n) is 3.11. The summed E-state index contributed by atoms with van der Waals surface area (Å²) in [6.45, 7) is 6.04. The lowest BCUT2D eigenvalue weighted by molar-refractivity contribution is -0.00820. The number of nitrogen functional groups attached to an aromatic ring is 1. The molecule has 3 heteroatoms. The van der Waals surface area contributed by atoms with Crippen molar-refractivity contribution in [3.8, 4) is 0 Å². The number of hydrogen-bond donors (Lipinski definition) is 2. The molecule has 1 atom stereocenters. The predicted octanol–water partition coefficient (Wildman–Crippen LogP) is 2.00. The van der Waals surface area contributed by atoms with Gasteiger partial charge in [-0.2, -0.15) is 0 Å². The third kappa shape index (κ3) is 2.69. The second-order valence-corrected chi connectivity index (χ2v) is 4.34. The molecule has 1 unspecified atom stereocenters. The highest BCUT2D eigenvalue weighted by Gasteiger charge is 2.29. The van der Waals surface area contributed by atoms with Gasteiger partial charge in [0, 0.05) is 12.6 Å². The number of aromatic nitrogens is 1. The normalized spacial score (nSPS) is 15.3. The number of anilines is 1. The Morgan fingerprint density at radius 1 is 1.53 bits per heavy atom. The standard InChI is InChI=1S/C12H20N2O/c1-4-12(15,9(2)3)8-10-6-5-7-14-11(10)13/h5-7,9,15H,4,8H2,1-3H3,(H2,13,14). The zero-order chi connectivity index (χ0) is 11.5. The maximum Gasteiger partial charge on any atom is 0.126 e. The SMILES string of the molecule is CCC(O)(Cc1cccnc1N)C(C)C. The van der Waals surface area contributed by atoms with Crippen molar-refractivity contribution >= 4 is 5.82 Å². The van der Waals surface area contributed by atoms with Crippen molar-refractivity contribution in [2.24, 2.45) is 5.92 Å². The molecule has 1 rings (SSSR count). The average molecular weight is 208 g/mol. The van der Waals surface area contributed by atoms with E-state index in [1.165, 1.54) is 0 Å². The largest absolute Gasteiger partial charge is 0.389 e. The Kier molecular flexibility index (Phi) is 3.69. The quantitative estimate of drug-likeness (QED) is 0.795. The van der Waals surface area contributed by atoms with E-state index < -0.39 is 5.60 Å². The van der Waals surface area contributed by atoms with E-state index >= 15 is 0 Å². The molecule has 3 nitrogen and oxygen atoms in total. The van der Waals surface area contributed by atoms with Crippen LogP contribution in [0, 0.1) is 5.92 Å². The van der Waals surface area contributed by atoms with Crippen LogP contribution in [0.2, 0.25) is 0 Å². The van der Waals surface area contributed by atoms with Crippen LogP contribution in [0.25, 0.3) is 0 Å². The molecule has 84 valence electrons. The molecule has 0 fully saturated rings.